The van der Waals surface area contributed by atoms with Crippen LogP contribution < -0.4 is 0 Å². The summed E-state index contributed by atoms with van der Waals surface area (Å²) in [6.07, 6.45) is 0.430. The second kappa shape index (κ2) is 6.43. The zero-order valence-electron chi connectivity index (χ0n) is 13.9. The quantitative estimate of drug-likeness (QED) is 0.489. The summed E-state index contributed by atoms with van der Waals surface area (Å²) in [7, 11) is 0. The molecule has 2 rings (SSSR count). The first-order valence-corrected chi connectivity index (χ1v) is 7.39. The number of carbonyl (C=O) groups is 3. The van der Waals surface area contributed by atoms with Crippen LogP contribution in [0.1, 0.15) is 38.1 Å². The van der Waals surface area contributed by atoms with Gasteiger partial charge >= 0.3 is 12.1 Å². The van der Waals surface area contributed by atoms with Crippen molar-refractivity contribution in [1.82, 2.24) is 4.57 Å². The monoisotopic (exact) mass is 335 g/mol. The minimum atomic E-state index is -1.06. The van der Waals surface area contributed by atoms with E-state index in [0.29, 0.717) is 0 Å². The second-order valence-corrected chi connectivity index (χ2v) is 6.10. The van der Waals surface area contributed by atoms with Crippen LogP contribution in [-0.2, 0) is 14.3 Å². The number of benzene rings is 1. The van der Waals surface area contributed by atoms with E-state index in [2.05, 4.69) is 4.74 Å². The highest BCUT2D eigenvalue weighted by Gasteiger charge is 2.26. The van der Waals surface area contributed by atoms with Crippen LogP contribution in [-0.4, -0.2) is 34.6 Å². The topological polar surface area (TPSA) is 74.6 Å². The Balaban J connectivity index is 2.57. The van der Waals surface area contributed by atoms with E-state index in [4.69, 9.17) is 4.74 Å². The largest absolute Gasteiger partial charge is 0.460 e. The lowest BCUT2D eigenvalue weighted by atomic mass is 10.1. The van der Waals surface area contributed by atoms with E-state index < -0.39 is 29.3 Å². The molecule has 0 aliphatic carbocycles. The number of hydrogen-bond donors (Lipinski definition) is 0. The van der Waals surface area contributed by atoms with Crippen molar-refractivity contribution in [1.29, 1.82) is 0 Å². The average molecular weight is 335 g/mol. The average Bonchev–Trinajstić information content (AvgIpc) is 2.83. The lowest BCUT2D eigenvalue weighted by Crippen LogP contribution is -2.26. The maximum atomic E-state index is 13.6. The maximum absolute atomic E-state index is 13.6. The Bertz CT molecular complexity index is 816. The number of aromatic nitrogens is 1. The van der Waals surface area contributed by atoms with Crippen molar-refractivity contribution in [3.63, 3.8) is 0 Å². The Morgan fingerprint density at radius 1 is 1.21 bits per heavy atom. The maximum Gasteiger partial charge on any atom is 0.419 e. The summed E-state index contributed by atoms with van der Waals surface area (Å²) in [4.78, 5) is 36.2. The Kier molecular flexibility index (Phi) is 4.73. The first kappa shape index (κ1) is 17.7. The minimum absolute atomic E-state index is 0.0314. The van der Waals surface area contributed by atoms with Crippen molar-refractivity contribution < 1.29 is 28.2 Å². The van der Waals surface area contributed by atoms with Gasteiger partial charge in [-0.15, -0.1) is 0 Å². The van der Waals surface area contributed by atoms with Crippen molar-refractivity contribution in [2.45, 2.75) is 33.3 Å². The summed E-state index contributed by atoms with van der Waals surface area (Å²) in [6, 6.07) is 3.58. The predicted molar refractivity (Wildman–Crippen MR) is 84.5 cm³/mol. The molecule has 0 aliphatic heterocycles. The van der Waals surface area contributed by atoms with Crippen LogP contribution >= 0.6 is 0 Å². The number of rotatable bonds is 3. The van der Waals surface area contributed by atoms with Gasteiger partial charge in [-0.05, 0) is 45.9 Å². The van der Waals surface area contributed by atoms with Gasteiger partial charge in [0, 0.05) is 11.6 Å². The molecule has 0 aliphatic rings. The molecule has 0 radical (unpaired) electrons. The standard InChI is InChI=1S/C17H18FNO5/c1-5-23-15(21)14(20)12-9-19(16(22)24-17(2,3)4)13-7-6-10(18)8-11(12)13/h6-9H,5H2,1-4H3. The van der Waals surface area contributed by atoms with E-state index in [9.17, 15) is 18.8 Å². The van der Waals surface area contributed by atoms with E-state index in [-0.39, 0.29) is 23.1 Å². The molecule has 128 valence electrons. The van der Waals surface area contributed by atoms with Gasteiger partial charge in [0.1, 0.15) is 11.4 Å². The molecule has 0 amide bonds. The minimum Gasteiger partial charge on any atom is -0.460 e. The Labute approximate surface area is 138 Å². The second-order valence-electron chi connectivity index (χ2n) is 6.10. The fourth-order valence-corrected chi connectivity index (χ4v) is 2.15. The van der Waals surface area contributed by atoms with Gasteiger partial charge in [-0.3, -0.25) is 9.36 Å². The number of carbonyl (C=O) groups excluding carboxylic acids is 3. The first-order valence-electron chi connectivity index (χ1n) is 7.39. The smallest absolute Gasteiger partial charge is 0.419 e. The normalized spacial score (nSPS) is 11.4. The van der Waals surface area contributed by atoms with E-state index in [0.717, 1.165) is 22.9 Å². The van der Waals surface area contributed by atoms with Crippen LogP contribution in [0, 0.1) is 5.82 Å². The van der Waals surface area contributed by atoms with Crippen LogP contribution in [0.2, 0.25) is 0 Å². The number of halogens is 1. The number of ether oxygens (including phenoxy) is 2. The van der Waals surface area contributed by atoms with Gasteiger partial charge in [0.2, 0.25) is 0 Å². The highest BCUT2D eigenvalue weighted by Crippen LogP contribution is 2.24. The lowest BCUT2D eigenvalue weighted by molar-refractivity contribution is -0.137. The molecule has 0 saturated carbocycles. The molecule has 0 fully saturated rings. The van der Waals surface area contributed by atoms with Gasteiger partial charge in [-0.25, -0.2) is 14.0 Å². The third-order valence-corrected chi connectivity index (χ3v) is 3.06. The number of fused-ring (bicyclic) bond motifs is 1. The summed E-state index contributed by atoms with van der Waals surface area (Å²) in [6.45, 7) is 6.68. The van der Waals surface area contributed by atoms with E-state index in [1.54, 1.807) is 27.7 Å². The van der Waals surface area contributed by atoms with Crippen LogP contribution in [0.25, 0.3) is 10.9 Å². The molecule has 0 atom stereocenters. The van der Waals surface area contributed by atoms with Crippen molar-refractivity contribution in [2.75, 3.05) is 6.61 Å². The van der Waals surface area contributed by atoms with E-state index >= 15 is 0 Å². The molecule has 0 unspecified atom stereocenters. The van der Waals surface area contributed by atoms with Gasteiger partial charge in [-0.2, -0.15) is 0 Å². The molecule has 24 heavy (non-hydrogen) atoms. The predicted octanol–water partition coefficient (Wildman–Crippen LogP) is 3.31. The summed E-state index contributed by atoms with van der Waals surface area (Å²) in [5.74, 6) is -2.61. The molecule has 0 spiro atoms. The number of ketones is 1. The van der Waals surface area contributed by atoms with E-state index in [1.807, 2.05) is 0 Å². The van der Waals surface area contributed by atoms with Gasteiger partial charge in [-0.1, -0.05) is 0 Å². The van der Waals surface area contributed by atoms with Crippen molar-refractivity contribution >= 4 is 28.7 Å². The molecule has 2 aromatic rings. The van der Waals surface area contributed by atoms with Gasteiger partial charge in [0.05, 0.1) is 17.7 Å². The Hall–Kier alpha value is -2.70. The van der Waals surface area contributed by atoms with Crippen molar-refractivity contribution in [3.05, 3.63) is 35.8 Å². The Morgan fingerprint density at radius 2 is 1.88 bits per heavy atom. The lowest BCUT2D eigenvalue weighted by Gasteiger charge is -2.19. The summed E-state index contributed by atoms with van der Waals surface area (Å²) in [5.41, 5.74) is -0.606. The molecule has 1 aromatic heterocycles. The number of Topliss-reactive ketones (excluding diaryl/α,β-unsaturated/α-hetero) is 1. The van der Waals surface area contributed by atoms with Crippen LogP contribution in [0.15, 0.2) is 24.4 Å². The van der Waals surface area contributed by atoms with E-state index in [1.165, 1.54) is 6.07 Å². The summed E-state index contributed by atoms with van der Waals surface area (Å²) < 4.78 is 24.6. The number of nitrogens with zero attached hydrogens (tertiary/aromatic N) is 1. The highest BCUT2D eigenvalue weighted by molar-refractivity contribution is 6.43. The third kappa shape index (κ3) is 3.61. The fourth-order valence-electron chi connectivity index (χ4n) is 2.15. The third-order valence-electron chi connectivity index (χ3n) is 3.06. The van der Waals surface area contributed by atoms with Gasteiger partial charge in [0.15, 0.2) is 0 Å². The van der Waals surface area contributed by atoms with Crippen molar-refractivity contribution in [2.24, 2.45) is 0 Å². The zero-order valence-corrected chi connectivity index (χ0v) is 13.9. The van der Waals surface area contributed by atoms with Crippen molar-refractivity contribution in [3.8, 4) is 0 Å². The molecule has 0 N–H and O–H groups in total. The number of esters is 1. The molecule has 7 heteroatoms. The Morgan fingerprint density at radius 3 is 2.46 bits per heavy atom. The summed E-state index contributed by atoms with van der Waals surface area (Å²) in [5, 5.41) is 0.138. The molecule has 0 bridgehead atoms. The fraction of sp³-hybridized carbons (Fsp3) is 0.353. The molecular formula is C17H18FNO5. The highest BCUT2D eigenvalue weighted by atomic mass is 19.1. The molecule has 1 heterocycles. The number of hydrogen-bond acceptors (Lipinski definition) is 5. The van der Waals surface area contributed by atoms with Gasteiger partial charge in [0.25, 0.3) is 5.78 Å². The molecule has 1 aromatic carbocycles. The van der Waals surface area contributed by atoms with Crippen LogP contribution in [0.4, 0.5) is 9.18 Å². The SMILES string of the molecule is CCOC(=O)C(=O)c1cn(C(=O)OC(C)(C)C)c2ccc(F)cc12. The molecular weight excluding hydrogens is 317 g/mol. The van der Waals surface area contributed by atoms with Gasteiger partial charge < -0.3 is 9.47 Å². The summed E-state index contributed by atoms with van der Waals surface area (Å²) >= 11 is 0. The first-order chi connectivity index (χ1) is 11.1. The van der Waals surface area contributed by atoms with Crippen LogP contribution in [0.3, 0.4) is 0 Å². The molecule has 6 nitrogen and oxygen atoms in total. The van der Waals surface area contributed by atoms with Crippen LogP contribution in [0.5, 0.6) is 0 Å². The molecule has 0 saturated heterocycles. The zero-order chi connectivity index (χ0) is 18.1.